The van der Waals surface area contributed by atoms with E-state index in [2.05, 4.69) is 29.6 Å². The lowest BCUT2D eigenvalue weighted by Crippen LogP contribution is -2.06. The van der Waals surface area contributed by atoms with Crippen LogP contribution in [0.15, 0.2) is 48.5 Å². The maximum Gasteiger partial charge on any atom is 0.161 e. The van der Waals surface area contributed by atoms with Gasteiger partial charge in [0, 0.05) is 6.54 Å². The van der Waals surface area contributed by atoms with Gasteiger partial charge in [-0.15, -0.1) is 0 Å². The molecule has 1 N–H and O–H groups in total. The van der Waals surface area contributed by atoms with Crippen molar-refractivity contribution in [2.45, 2.75) is 19.4 Å². The van der Waals surface area contributed by atoms with Gasteiger partial charge in [0.15, 0.2) is 11.5 Å². The predicted molar refractivity (Wildman–Crippen MR) is 86.0 cm³/mol. The second-order valence-corrected chi connectivity index (χ2v) is 4.95. The van der Waals surface area contributed by atoms with E-state index in [1.54, 1.807) is 7.11 Å². The number of aryl methyl sites for hydroxylation is 1. The number of hydrogen-bond acceptors (Lipinski definition) is 3. The first-order valence-corrected chi connectivity index (χ1v) is 7.31. The molecule has 3 nitrogen and oxygen atoms in total. The molecule has 0 saturated carbocycles. The van der Waals surface area contributed by atoms with Crippen molar-refractivity contribution < 1.29 is 9.47 Å². The second-order valence-electron chi connectivity index (χ2n) is 4.95. The van der Waals surface area contributed by atoms with Crippen LogP contribution in [-0.4, -0.2) is 20.8 Å². The number of methoxy groups -OCH3 is 1. The average molecular weight is 285 g/mol. The Kier molecular flexibility index (Phi) is 6.10. The Bertz CT molecular complexity index is 540. The fourth-order valence-corrected chi connectivity index (χ4v) is 2.25. The molecule has 0 radical (unpaired) electrons. The van der Waals surface area contributed by atoms with Gasteiger partial charge in [-0.1, -0.05) is 36.4 Å². The molecule has 0 aliphatic heterocycles. The van der Waals surface area contributed by atoms with Gasteiger partial charge >= 0.3 is 0 Å². The minimum atomic E-state index is 0.689. The second kappa shape index (κ2) is 8.32. The van der Waals surface area contributed by atoms with Crippen LogP contribution in [0.4, 0.5) is 0 Å². The summed E-state index contributed by atoms with van der Waals surface area (Å²) in [5, 5.41) is 3.14. The molecule has 2 aromatic rings. The van der Waals surface area contributed by atoms with Crippen molar-refractivity contribution in [1.82, 2.24) is 5.32 Å². The first-order chi connectivity index (χ1) is 10.3. The fraction of sp³-hybridized carbons (Fsp3) is 0.333. The van der Waals surface area contributed by atoms with Gasteiger partial charge in [-0.05, 0) is 43.1 Å². The molecule has 0 aliphatic carbocycles. The Morgan fingerprint density at radius 3 is 2.48 bits per heavy atom. The molecular weight excluding hydrogens is 262 g/mol. The molecular formula is C18H23NO2. The van der Waals surface area contributed by atoms with Gasteiger partial charge in [-0.3, -0.25) is 0 Å². The fourth-order valence-electron chi connectivity index (χ4n) is 2.25. The first-order valence-electron chi connectivity index (χ1n) is 7.31. The molecule has 0 amide bonds. The van der Waals surface area contributed by atoms with Crippen LogP contribution in [-0.2, 0) is 13.0 Å². The Balaban J connectivity index is 1.88. The van der Waals surface area contributed by atoms with Crippen molar-refractivity contribution in [3.63, 3.8) is 0 Å². The summed E-state index contributed by atoms with van der Waals surface area (Å²) >= 11 is 0. The topological polar surface area (TPSA) is 30.5 Å². The van der Waals surface area contributed by atoms with E-state index in [1.165, 1.54) is 11.1 Å². The molecule has 3 heteroatoms. The standard InChI is InChI=1S/C18H23NO2/c1-19-14-16-10-11-17(20-2)18(13-16)21-12-6-9-15-7-4-3-5-8-15/h3-5,7-8,10-11,13,19H,6,9,12,14H2,1-2H3. The smallest absolute Gasteiger partial charge is 0.161 e. The maximum absolute atomic E-state index is 5.88. The van der Waals surface area contributed by atoms with Crippen LogP contribution in [0.2, 0.25) is 0 Å². The zero-order valence-electron chi connectivity index (χ0n) is 12.8. The van der Waals surface area contributed by atoms with E-state index >= 15 is 0 Å². The molecule has 0 bridgehead atoms. The van der Waals surface area contributed by atoms with E-state index in [1.807, 2.05) is 31.3 Å². The number of benzene rings is 2. The highest BCUT2D eigenvalue weighted by Crippen LogP contribution is 2.28. The van der Waals surface area contributed by atoms with Gasteiger partial charge in [0.05, 0.1) is 13.7 Å². The zero-order valence-corrected chi connectivity index (χ0v) is 12.8. The van der Waals surface area contributed by atoms with Crippen LogP contribution < -0.4 is 14.8 Å². The van der Waals surface area contributed by atoms with Crippen LogP contribution in [0.25, 0.3) is 0 Å². The van der Waals surface area contributed by atoms with E-state index in [9.17, 15) is 0 Å². The van der Waals surface area contributed by atoms with Crippen molar-refractivity contribution in [2.75, 3.05) is 20.8 Å². The lowest BCUT2D eigenvalue weighted by atomic mass is 10.1. The summed E-state index contributed by atoms with van der Waals surface area (Å²) in [5.74, 6) is 1.60. The molecule has 21 heavy (non-hydrogen) atoms. The Morgan fingerprint density at radius 1 is 0.952 bits per heavy atom. The maximum atomic E-state index is 5.88. The number of rotatable bonds is 8. The van der Waals surface area contributed by atoms with Crippen LogP contribution in [0.3, 0.4) is 0 Å². The summed E-state index contributed by atoms with van der Waals surface area (Å²) in [6.07, 6.45) is 2.02. The number of hydrogen-bond donors (Lipinski definition) is 1. The summed E-state index contributed by atoms with van der Waals surface area (Å²) in [6.45, 7) is 1.51. The number of nitrogens with one attached hydrogen (secondary N) is 1. The SMILES string of the molecule is CNCc1ccc(OC)c(OCCCc2ccccc2)c1. The van der Waals surface area contributed by atoms with Crippen LogP contribution in [0.5, 0.6) is 11.5 Å². The van der Waals surface area contributed by atoms with Gasteiger partial charge in [0.2, 0.25) is 0 Å². The molecule has 2 rings (SSSR count). The van der Waals surface area contributed by atoms with E-state index in [0.717, 1.165) is 30.9 Å². The van der Waals surface area contributed by atoms with Crippen LogP contribution in [0.1, 0.15) is 17.5 Å². The van der Waals surface area contributed by atoms with Crippen molar-refractivity contribution in [3.05, 3.63) is 59.7 Å². The van der Waals surface area contributed by atoms with Gasteiger partial charge in [0.1, 0.15) is 0 Å². The van der Waals surface area contributed by atoms with Crippen molar-refractivity contribution >= 4 is 0 Å². The van der Waals surface area contributed by atoms with Gasteiger partial charge in [-0.2, -0.15) is 0 Å². The van der Waals surface area contributed by atoms with Crippen LogP contribution >= 0.6 is 0 Å². The molecule has 0 atom stereocenters. The lowest BCUT2D eigenvalue weighted by Gasteiger charge is -2.12. The summed E-state index contributed by atoms with van der Waals surface area (Å²) in [6, 6.07) is 16.5. The average Bonchev–Trinajstić information content (AvgIpc) is 2.53. The Labute approximate surface area is 126 Å². The molecule has 0 heterocycles. The van der Waals surface area contributed by atoms with Gasteiger partial charge in [0.25, 0.3) is 0 Å². The number of ether oxygens (including phenoxy) is 2. The van der Waals surface area contributed by atoms with Crippen molar-refractivity contribution in [1.29, 1.82) is 0 Å². The van der Waals surface area contributed by atoms with E-state index in [-0.39, 0.29) is 0 Å². The van der Waals surface area contributed by atoms with Crippen LogP contribution in [0, 0.1) is 0 Å². The predicted octanol–water partition coefficient (Wildman–Crippen LogP) is 3.43. The third-order valence-electron chi connectivity index (χ3n) is 3.32. The molecule has 0 spiro atoms. The first kappa shape index (κ1) is 15.4. The minimum absolute atomic E-state index is 0.689. The molecule has 0 fully saturated rings. The highest BCUT2D eigenvalue weighted by Gasteiger charge is 2.05. The molecule has 112 valence electrons. The normalized spacial score (nSPS) is 10.4. The summed E-state index contributed by atoms with van der Waals surface area (Å²) in [5.41, 5.74) is 2.54. The summed E-state index contributed by atoms with van der Waals surface area (Å²) < 4.78 is 11.2. The largest absolute Gasteiger partial charge is 0.493 e. The Hall–Kier alpha value is -2.00. The lowest BCUT2D eigenvalue weighted by molar-refractivity contribution is 0.289. The molecule has 0 unspecified atom stereocenters. The van der Waals surface area contributed by atoms with Gasteiger partial charge < -0.3 is 14.8 Å². The monoisotopic (exact) mass is 285 g/mol. The molecule has 2 aromatic carbocycles. The van der Waals surface area contributed by atoms with Crippen molar-refractivity contribution in [3.8, 4) is 11.5 Å². The quantitative estimate of drug-likeness (QED) is 0.754. The highest BCUT2D eigenvalue weighted by atomic mass is 16.5. The third kappa shape index (κ3) is 4.80. The summed E-state index contributed by atoms with van der Waals surface area (Å²) in [4.78, 5) is 0. The highest BCUT2D eigenvalue weighted by molar-refractivity contribution is 5.42. The van der Waals surface area contributed by atoms with E-state index in [4.69, 9.17) is 9.47 Å². The van der Waals surface area contributed by atoms with E-state index in [0.29, 0.717) is 6.61 Å². The molecule has 0 aromatic heterocycles. The third-order valence-corrected chi connectivity index (χ3v) is 3.32. The Morgan fingerprint density at radius 2 is 1.76 bits per heavy atom. The van der Waals surface area contributed by atoms with E-state index < -0.39 is 0 Å². The zero-order chi connectivity index (χ0) is 14.9. The van der Waals surface area contributed by atoms with Crippen molar-refractivity contribution in [2.24, 2.45) is 0 Å². The van der Waals surface area contributed by atoms with Gasteiger partial charge in [-0.25, -0.2) is 0 Å². The molecule has 0 aliphatic rings. The molecule has 0 saturated heterocycles. The minimum Gasteiger partial charge on any atom is -0.493 e. The summed E-state index contributed by atoms with van der Waals surface area (Å²) in [7, 11) is 3.61.